The van der Waals surface area contributed by atoms with Gasteiger partial charge < -0.3 is 5.32 Å². The monoisotopic (exact) mass is 518 g/mol. The summed E-state index contributed by atoms with van der Waals surface area (Å²) in [5.41, 5.74) is 1.22. The van der Waals surface area contributed by atoms with Crippen LogP contribution >= 0.6 is 46.1 Å². The number of hydrogen-bond donors (Lipinski definition) is 1. The van der Waals surface area contributed by atoms with Crippen molar-refractivity contribution in [2.45, 2.75) is 12.8 Å². The topological polar surface area (TPSA) is 92.3 Å². The van der Waals surface area contributed by atoms with Crippen molar-refractivity contribution in [1.82, 2.24) is 10.2 Å². The summed E-state index contributed by atoms with van der Waals surface area (Å²) in [7, 11) is -3.56. The third-order valence-electron chi connectivity index (χ3n) is 4.12. The largest absolute Gasteiger partial charge is 0.301 e. The minimum atomic E-state index is -3.56. The predicted octanol–water partition coefficient (Wildman–Crippen LogP) is 5.35. The van der Waals surface area contributed by atoms with Gasteiger partial charge in [0.1, 0.15) is 5.01 Å². The normalized spacial score (nSPS) is 11.4. The molecule has 3 rings (SSSR count). The third-order valence-corrected chi connectivity index (χ3v) is 7.19. The van der Waals surface area contributed by atoms with E-state index >= 15 is 0 Å². The second-order valence-corrected chi connectivity index (χ2v) is 10.6. The van der Waals surface area contributed by atoms with Crippen molar-refractivity contribution in [2.24, 2.45) is 0 Å². The maximum atomic E-state index is 12.3. The van der Waals surface area contributed by atoms with Crippen LogP contribution in [0.25, 0.3) is 10.6 Å². The molecule has 1 aromatic heterocycles. The quantitative estimate of drug-likeness (QED) is 0.433. The molecule has 3 aromatic rings. The molecule has 0 spiro atoms. The summed E-state index contributed by atoms with van der Waals surface area (Å²) in [6.07, 6.45) is 1.49. The molecule has 164 valence electrons. The van der Waals surface area contributed by atoms with Crippen LogP contribution in [0.3, 0.4) is 0 Å². The Hall–Kier alpha value is -1.91. The Morgan fingerprint density at radius 1 is 1.06 bits per heavy atom. The lowest BCUT2D eigenvalue weighted by molar-refractivity contribution is -0.116. The molecule has 1 heterocycles. The molecule has 0 unspecified atom stereocenters. The highest BCUT2D eigenvalue weighted by atomic mass is 35.5. The van der Waals surface area contributed by atoms with Crippen LogP contribution in [0.1, 0.15) is 12.8 Å². The van der Waals surface area contributed by atoms with Crippen molar-refractivity contribution < 1.29 is 13.2 Å². The van der Waals surface area contributed by atoms with Crippen molar-refractivity contribution in [1.29, 1.82) is 0 Å². The number of nitrogens with zero attached hydrogens (tertiary/aromatic N) is 3. The van der Waals surface area contributed by atoms with Gasteiger partial charge in [0.05, 0.1) is 22.0 Å². The summed E-state index contributed by atoms with van der Waals surface area (Å²) in [4.78, 5) is 12.3. The zero-order valence-electron chi connectivity index (χ0n) is 16.2. The number of hydrogen-bond acceptors (Lipinski definition) is 6. The van der Waals surface area contributed by atoms with Crippen molar-refractivity contribution >= 4 is 72.9 Å². The summed E-state index contributed by atoms with van der Waals surface area (Å²) < 4.78 is 25.5. The van der Waals surface area contributed by atoms with Gasteiger partial charge in [-0.1, -0.05) is 58.3 Å². The number of rotatable bonds is 8. The Kier molecular flexibility index (Phi) is 7.77. The van der Waals surface area contributed by atoms with E-state index < -0.39 is 10.0 Å². The van der Waals surface area contributed by atoms with Gasteiger partial charge >= 0.3 is 0 Å². The Bertz CT molecular complexity index is 1180. The molecule has 31 heavy (non-hydrogen) atoms. The number of benzene rings is 2. The predicted molar refractivity (Wildman–Crippen MR) is 127 cm³/mol. The summed E-state index contributed by atoms with van der Waals surface area (Å²) in [5.74, 6) is -0.290. The fourth-order valence-corrected chi connectivity index (χ4v) is 4.82. The van der Waals surface area contributed by atoms with Gasteiger partial charge in [0.25, 0.3) is 0 Å². The molecular weight excluding hydrogens is 503 g/mol. The summed E-state index contributed by atoms with van der Waals surface area (Å²) in [6.45, 7) is 0.107. The van der Waals surface area contributed by atoms with Crippen molar-refractivity contribution in [2.75, 3.05) is 22.4 Å². The SMILES string of the molecule is CS(=O)(=O)N(CCCC(=O)Nc1nnc(-c2ccc(Cl)cc2)s1)c1ccc(Cl)c(Cl)c1. The molecule has 0 bridgehead atoms. The first-order valence-corrected chi connectivity index (χ1v) is 12.8. The molecule has 0 aliphatic heterocycles. The Labute approximate surface area is 199 Å². The molecule has 2 aromatic carbocycles. The van der Waals surface area contributed by atoms with Gasteiger partial charge in [0.15, 0.2) is 0 Å². The van der Waals surface area contributed by atoms with E-state index in [1.165, 1.54) is 27.8 Å². The highest BCUT2D eigenvalue weighted by molar-refractivity contribution is 7.92. The molecule has 0 atom stereocenters. The fraction of sp³-hybridized carbons (Fsp3) is 0.211. The highest BCUT2D eigenvalue weighted by Crippen LogP contribution is 2.29. The first-order valence-electron chi connectivity index (χ1n) is 8.95. The average molecular weight is 520 g/mol. The van der Waals surface area contributed by atoms with E-state index in [1.54, 1.807) is 18.2 Å². The summed E-state index contributed by atoms with van der Waals surface area (Å²) >= 11 is 19.0. The number of carbonyl (C=O) groups excluding carboxylic acids is 1. The lowest BCUT2D eigenvalue weighted by Gasteiger charge is -2.22. The van der Waals surface area contributed by atoms with Crippen LogP contribution in [-0.2, 0) is 14.8 Å². The van der Waals surface area contributed by atoms with Crippen molar-refractivity contribution in [3.05, 3.63) is 57.5 Å². The van der Waals surface area contributed by atoms with Crippen LogP contribution in [0.15, 0.2) is 42.5 Å². The molecule has 0 radical (unpaired) electrons. The van der Waals surface area contributed by atoms with E-state index in [9.17, 15) is 13.2 Å². The number of amides is 1. The standard InChI is InChI=1S/C19H17Cl3N4O3S2/c1-31(28,29)26(14-8-9-15(21)16(22)11-14)10-2-3-17(27)23-19-25-24-18(30-19)12-4-6-13(20)7-5-12/h4-9,11H,2-3,10H2,1H3,(H,23,25,27). The van der Waals surface area contributed by atoms with Gasteiger partial charge in [-0.15, -0.1) is 10.2 Å². The van der Waals surface area contributed by atoms with E-state index in [1.807, 2.05) is 12.1 Å². The van der Waals surface area contributed by atoms with E-state index in [-0.39, 0.29) is 23.9 Å². The molecular formula is C19H17Cl3N4O3S2. The van der Waals surface area contributed by atoms with Crippen LogP contribution in [-0.4, -0.2) is 37.3 Å². The molecule has 7 nitrogen and oxygen atoms in total. The van der Waals surface area contributed by atoms with Gasteiger partial charge in [0, 0.05) is 23.6 Å². The van der Waals surface area contributed by atoms with E-state index in [0.29, 0.717) is 32.3 Å². The molecule has 1 amide bonds. The molecule has 0 saturated heterocycles. The van der Waals surface area contributed by atoms with Crippen molar-refractivity contribution in [3.8, 4) is 10.6 Å². The molecule has 0 saturated carbocycles. The zero-order chi connectivity index (χ0) is 22.6. The second kappa shape index (κ2) is 10.1. The lowest BCUT2D eigenvalue weighted by Crippen LogP contribution is -2.31. The average Bonchev–Trinajstić information content (AvgIpc) is 3.15. The van der Waals surface area contributed by atoms with Gasteiger partial charge in [0.2, 0.25) is 21.1 Å². The second-order valence-electron chi connectivity index (χ2n) is 6.50. The minimum absolute atomic E-state index is 0.100. The summed E-state index contributed by atoms with van der Waals surface area (Å²) in [5, 5.41) is 12.9. The number of halogens is 3. The first-order chi connectivity index (χ1) is 14.6. The Morgan fingerprint density at radius 2 is 1.77 bits per heavy atom. The number of nitrogens with one attached hydrogen (secondary N) is 1. The van der Waals surface area contributed by atoms with Crippen molar-refractivity contribution in [3.63, 3.8) is 0 Å². The fourth-order valence-electron chi connectivity index (χ4n) is 2.67. The number of aromatic nitrogens is 2. The zero-order valence-corrected chi connectivity index (χ0v) is 20.1. The smallest absolute Gasteiger partial charge is 0.232 e. The van der Waals surface area contributed by atoms with E-state index in [2.05, 4.69) is 15.5 Å². The van der Waals surface area contributed by atoms with E-state index in [0.717, 1.165) is 11.8 Å². The molecule has 1 N–H and O–H groups in total. The van der Waals surface area contributed by atoms with Crippen LogP contribution in [0, 0.1) is 0 Å². The van der Waals surface area contributed by atoms with Crippen LogP contribution in [0.4, 0.5) is 10.8 Å². The van der Waals surface area contributed by atoms with Gasteiger partial charge in [-0.2, -0.15) is 0 Å². The number of anilines is 2. The van der Waals surface area contributed by atoms with Crippen LogP contribution in [0.2, 0.25) is 15.1 Å². The molecule has 0 fully saturated rings. The van der Waals surface area contributed by atoms with Gasteiger partial charge in [-0.05, 0) is 36.8 Å². The first kappa shape index (κ1) is 23.7. The number of carbonyl (C=O) groups is 1. The van der Waals surface area contributed by atoms with Gasteiger partial charge in [-0.25, -0.2) is 8.42 Å². The molecule has 0 aliphatic rings. The third kappa shape index (κ3) is 6.54. The van der Waals surface area contributed by atoms with Gasteiger partial charge in [-0.3, -0.25) is 9.10 Å². The Morgan fingerprint density at radius 3 is 2.42 bits per heavy atom. The van der Waals surface area contributed by atoms with Crippen LogP contribution < -0.4 is 9.62 Å². The molecule has 12 heteroatoms. The summed E-state index contributed by atoms with van der Waals surface area (Å²) in [6, 6.07) is 11.7. The molecule has 0 aliphatic carbocycles. The maximum absolute atomic E-state index is 12.3. The highest BCUT2D eigenvalue weighted by Gasteiger charge is 2.19. The lowest BCUT2D eigenvalue weighted by atomic mass is 10.2. The Balaban J connectivity index is 1.58. The maximum Gasteiger partial charge on any atom is 0.232 e. The minimum Gasteiger partial charge on any atom is -0.301 e. The number of sulfonamides is 1. The van der Waals surface area contributed by atoms with Crippen LogP contribution in [0.5, 0.6) is 0 Å². The van der Waals surface area contributed by atoms with E-state index in [4.69, 9.17) is 34.8 Å².